The third kappa shape index (κ3) is 5.42. The molecule has 24 heavy (non-hydrogen) atoms. The molecule has 3 nitrogen and oxygen atoms in total. The highest BCUT2D eigenvalue weighted by Gasteiger charge is 2.10. The molecule has 0 radical (unpaired) electrons. The summed E-state index contributed by atoms with van der Waals surface area (Å²) in [5.41, 5.74) is 1.77. The molecule has 2 aromatic rings. The first-order chi connectivity index (χ1) is 11.5. The van der Waals surface area contributed by atoms with Crippen LogP contribution >= 0.6 is 23.4 Å². The van der Waals surface area contributed by atoms with Crippen LogP contribution in [0.15, 0.2) is 42.5 Å². The molecule has 6 heteroatoms. The fourth-order valence-corrected chi connectivity index (χ4v) is 3.19. The lowest BCUT2D eigenvalue weighted by Gasteiger charge is -2.14. The van der Waals surface area contributed by atoms with Gasteiger partial charge in [-0.15, -0.1) is 11.8 Å². The minimum Gasteiger partial charge on any atom is -0.494 e. The van der Waals surface area contributed by atoms with Crippen LogP contribution in [0, 0.1) is 5.82 Å². The van der Waals surface area contributed by atoms with Crippen LogP contribution in [0.2, 0.25) is 5.02 Å². The summed E-state index contributed by atoms with van der Waals surface area (Å²) in [5, 5.41) is 3.57. The van der Waals surface area contributed by atoms with Crippen molar-refractivity contribution in [2.24, 2.45) is 0 Å². The summed E-state index contributed by atoms with van der Waals surface area (Å²) in [5.74, 6) is 0.617. The first-order valence-corrected chi connectivity index (χ1v) is 8.98. The lowest BCUT2D eigenvalue weighted by molar-refractivity contribution is -0.119. The molecule has 128 valence electrons. The summed E-state index contributed by atoms with van der Waals surface area (Å²) in [6, 6.07) is 12.1. The average Bonchev–Trinajstić information content (AvgIpc) is 2.55. The quantitative estimate of drug-likeness (QED) is 0.777. The maximum Gasteiger partial charge on any atom is 0.230 e. The number of hydrogen-bond donors (Lipinski definition) is 1. The third-order valence-electron chi connectivity index (χ3n) is 3.44. The van der Waals surface area contributed by atoms with E-state index in [4.69, 9.17) is 16.3 Å². The molecular weight excluding hydrogens is 349 g/mol. The van der Waals surface area contributed by atoms with Gasteiger partial charge in [-0.1, -0.05) is 29.8 Å². The molecule has 0 aromatic heterocycles. The van der Waals surface area contributed by atoms with Crippen molar-refractivity contribution in [2.75, 3.05) is 12.9 Å². The standard InChI is InChI=1S/C18H19ClFNO2S/c1-12(14-4-3-5-15(19)9-14)21-18(22)11-24-10-13-6-7-17(23-2)16(20)8-13/h3-9,12H,10-11H2,1-2H3,(H,21,22)/t12-/m0/s1. The average molecular weight is 368 g/mol. The second-order valence-corrected chi connectivity index (χ2v) is 6.73. The highest BCUT2D eigenvalue weighted by Crippen LogP contribution is 2.21. The Morgan fingerprint density at radius 3 is 2.79 bits per heavy atom. The number of halogens is 2. The van der Waals surface area contributed by atoms with Gasteiger partial charge >= 0.3 is 0 Å². The zero-order valence-corrected chi connectivity index (χ0v) is 15.1. The molecular formula is C18H19ClFNO2S. The number of rotatable bonds is 7. The van der Waals surface area contributed by atoms with Crippen LogP contribution in [-0.4, -0.2) is 18.8 Å². The Balaban J connectivity index is 1.80. The van der Waals surface area contributed by atoms with Gasteiger partial charge < -0.3 is 10.1 Å². The Labute approximate surface area is 150 Å². The Bertz CT molecular complexity index is 711. The monoisotopic (exact) mass is 367 g/mol. The van der Waals surface area contributed by atoms with Crippen molar-refractivity contribution in [1.29, 1.82) is 0 Å². The highest BCUT2D eigenvalue weighted by atomic mass is 35.5. The number of amides is 1. The van der Waals surface area contributed by atoms with Crippen molar-refractivity contribution < 1.29 is 13.9 Å². The van der Waals surface area contributed by atoms with Gasteiger partial charge in [0, 0.05) is 10.8 Å². The SMILES string of the molecule is COc1ccc(CSCC(=O)N[C@@H](C)c2cccc(Cl)c2)cc1F. The summed E-state index contributed by atoms with van der Waals surface area (Å²) in [6.45, 7) is 1.91. The van der Waals surface area contributed by atoms with Crippen LogP contribution < -0.4 is 10.1 Å². The zero-order chi connectivity index (χ0) is 17.5. The van der Waals surface area contributed by atoms with E-state index in [-0.39, 0.29) is 17.7 Å². The zero-order valence-electron chi connectivity index (χ0n) is 13.5. The van der Waals surface area contributed by atoms with Crippen molar-refractivity contribution in [1.82, 2.24) is 5.32 Å². The number of carbonyl (C=O) groups excluding carboxylic acids is 1. The number of hydrogen-bond acceptors (Lipinski definition) is 3. The van der Waals surface area contributed by atoms with Crippen LogP contribution in [0.5, 0.6) is 5.75 Å². The van der Waals surface area contributed by atoms with E-state index in [1.165, 1.54) is 24.9 Å². The molecule has 2 rings (SSSR count). The van der Waals surface area contributed by atoms with Gasteiger partial charge in [0.15, 0.2) is 11.6 Å². The normalized spacial score (nSPS) is 11.8. The molecule has 0 fully saturated rings. The topological polar surface area (TPSA) is 38.3 Å². The van der Waals surface area contributed by atoms with Crippen LogP contribution in [0.1, 0.15) is 24.1 Å². The van der Waals surface area contributed by atoms with Crippen molar-refractivity contribution >= 4 is 29.3 Å². The van der Waals surface area contributed by atoms with Gasteiger partial charge in [-0.25, -0.2) is 4.39 Å². The fraction of sp³-hybridized carbons (Fsp3) is 0.278. The highest BCUT2D eigenvalue weighted by molar-refractivity contribution is 7.99. The van der Waals surface area contributed by atoms with Gasteiger partial charge in [-0.2, -0.15) is 0 Å². The summed E-state index contributed by atoms with van der Waals surface area (Å²) in [7, 11) is 1.43. The summed E-state index contributed by atoms with van der Waals surface area (Å²) in [6.07, 6.45) is 0. The predicted molar refractivity (Wildman–Crippen MR) is 97.1 cm³/mol. The van der Waals surface area contributed by atoms with Crippen molar-refractivity contribution in [2.45, 2.75) is 18.7 Å². The third-order valence-corrected chi connectivity index (χ3v) is 4.68. The molecule has 1 atom stereocenters. The van der Waals surface area contributed by atoms with Crippen molar-refractivity contribution in [3.8, 4) is 5.75 Å². The van der Waals surface area contributed by atoms with Crippen LogP contribution in [-0.2, 0) is 10.5 Å². The van der Waals surface area contributed by atoms with E-state index in [1.54, 1.807) is 18.2 Å². The maximum atomic E-state index is 13.6. The first-order valence-electron chi connectivity index (χ1n) is 7.44. The van der Waals surface area contributed by atoms with E-state index in [9.17, 15) is 9.18 Å². The van der Waals surface area contributed by atoms with E-state index < -0.39 is 5.82 Å². The Morgan fingerprint density at radius 2 is 2.12 bits per heavy atom. The maximum absolute atomic E-state index is 13.6. The molecule has 0 aliphatic rings. The first kappa shape index (κ1) is 18.6. The molecule has 0 heterocycles. The second kappa shape index (κ2) is 8.94. The van der Waals surface area contributed by atoms with Crippen molar-refractivity contribution in [3.63, 3.8) is 0 Å². The molecule has 0 unspecified atom stereocenters. The van der Waals surface area contributed by atoms with Crippen molar-refractivity contribution in [3.05, 3.63) is 64.4 Å². The molecule has 0 bridgehead atoms. The predicted octanol–water partition coefficient (Wildman–Crippen LogP) is 4.60. The largest absolute Gasteiger partial charge is 0.494 e. The number of methoxy groups -OCH3 is 1. The molecule has 0 aliphatic heterocycles. The fourth-order valence-electron chi connectivity index (χ4n) is 2.20. The smallest absolute Gasteiger partial charge is 0.230 e. The molecule has 1 amide bonds. The van der Waals surface area contributed by atoms with E-state index in [1.807, 2.05) is 25.1 Å². The molecule has 2 aromatic carbocycles. The van der Waals surface area contributed by atoms with Crippen LogP contribution in [0.4, 0.5) is 4.39 Å². The minimum atomic E-state index is -0.394. The van der Waals surface area contributed by atoms with Gasteiger partial charge in [0.1, 0.15) is 0 Å². The number of thioether (sulfide) groups is 1. The number of benzene rings is 2. The van der Waals surface area contributed by atoms with E-state index in [0.29, 0.717) is 16.5 Å². The summed E-state index contributed by atoms with van der Waals surface area (Å²) in [4.78, 5) is 12.0. The van der Waals surface area contributed by atoms with Gasteiger partial charge in [0.05, 0.1) is 18.9 Å². The molecule has 0 saturated heterocycles. The van der Waals surface area contributed by atoms with Gasteiger partial charge in [0.25, 0.3) is 0 Å². The Hall–Kier alpha value is -1.72. The van der Waals surface area contributed by atoms with Gasteiger partial charge in [-0.3, -0.25) is 4.79 Å². The molecule has 0 spiro atoms. The minimum absolute atomic E-state index is 0.0681. The van der Waals surface area contributed by atoms with Gasteiger partial charge in [0.2, 0.25) is 5.91 Å². The van der Waals surface area contributed by atoms with Gasteiger partial charge in [-0.05, 0) is 42.3 Å². The van der Waals surface area contributed by atoms with Crippen LogP contribution in [0.3, 0.4) is 0 Å². The molecule has 1 N–H and O–H groups in total. The summed E-state index contributed by atoms with van der Waals surface area (Å²) < 4.78 is 18.5. The Morgan fingerprint density at radius 1 is 1.33 bits per heavy atom. The number of nitrogens with one attached hydrogen (secondary N) is 1. The van der Waals surface area contributed by atoms with Crippen LogP contribution in [0.25, 0.3) is 0 Å². The lowest BCUT2D eigenvalue weighted by atomic mass is 10.1. The molecule has 0 aliphatic carbocycles. The number of carbonyl (C=O) groups is 1. The Kier molecular flexibility index (Phi) is 6.94. The summed E-state index contributed by atoms with van der Waals surface area (Å²) >= 11 is 7.39. The second-order valence-electron chi connectivity index (χ2n) is 5.31. The lowest BCUT2D eigenvalue weighted by Crippen LogP contribution is -2.28. The van der Waals surface area contributed by atoms with E-state index in [0.717, 1.165) is 11.1 Å². The van der Waals surface area contributed by atoms with E-state index in [2.05, 4.69) is 5.32 Å². The van der Waals surface area contributed by atoms with E-state index >= 15 is 0 Å². The number of ether oxygens (including phenoxy) is 1. The molecule has 0 saturated carbocycles.